The molecule has 1 saturated carbocycles. The van der Waals surface area contributed by atoms with E-state index in [2.05, 4.69) is 5.32 Å². The van der Waals surface area contributed by atoms with Gasteiger partial charge in [0.15, 0.2) is 0 Å². The molecule has 0 heterocycles. The summed E-state index contributed by atoms with van der Waals surface area (Å²) in [5.41, 5.74) is -0.0364. The van der Waals surface area contributed by atoms with Crippen LogP contribution in [0.3, 0.4) is 0 Å². The molecule has 1 aliphatic rings. The Bertz CT molecular complexity index is 597. The molecule has 0 aliphatic heterocycles. The molecule has 1 fully saturated rings. The van der Waals surface area contributed by atoms with E-state index in [1.807, 2.05) is 0 Å². The zero-order valence-electron chi connectivity index (χ0n) is 11.2. The first kappa shape index (κ1) is 15.5. The van der Waals surface area contributed by atoms with Gasteiger partial charge in [0.2, 0.25) is 5.91 Å². The van der Waals surface area contributed by atoms with E-state index in [0.717, 1.165) is 6.42 Å². The molecular formula is C15H15ClFNO3. The summed E-state index contributed by atoms with van der Waals surface area (Å²) in [6.07, 6.45) is 4.97. The van der Waals surface area contributed by atoms with Crippen molar-refractivity contribution in [1.29, 1.82) is 0 Å². The van der Waals surface area contributed by atoms with Crippen molar-refractivity contribution in [3.63, 3.8) is 0 Å². The van der Waals surface area contributed by atoms with Crippen LogP contribution in [-0.2, 0) is 9.59 Å². The lowest BCUT2D eigenvalue weighted by Gasteiger charge is -2.41. The van der Waals surface area contributed by atoms with Gasteiger partial charge in [-0.3, -0.25) is 9.59 Å². The molecule has 4 nitrogen and oxygen atoms in total. The fourth-order valence-electron chi connectivity index (χ4n) is 2.33. The second-order valence-electron chi connectivity index (χ2n) is 5.20. The Kier molecular flexibility index (Phi) is 4.63. The minimum absolute atomic E-state index is 0.0149. The number of carbonyl (C=O) groups is 2. The Hall–Kier alpha value is -1.88. The minimum atomic E-state index is -0.927. The molecule has 1 amide bonds. The molecule has 2 N–H and O–H groups in total. The molecular weight excluding hydrogens is 297 g/mol. The molecule has 0 atom stereocenters. The van der Waals surface area contributed by atoms with E-state index in [9.17, 15) is 14.0 Å². The van der Waals surface area contributed by atoms with Crippen molar-refractivity contribution in [2.75, 3.05) is 0 Å². The second-order valence-corrected chi connectivity index (χ2v) is 5.61. The first-order valence-corrected chi connectivity index (χ1v) is 6.95. The first-order chi connectivity index (χ1) is 9.90. The van der Waals surface area contributed by atoms with Crippen molar-refractivity contribution in [3.8, 4) is 0 Å². The van der Waals surface area contributed by atoms with Crippen molar-refractivity contribution in [2.45, 2.75) is 31.2 Å². The van der Waals surface area contributed by atoms with Gasteiger partial charge in [-0.25, -0.2) is 4.39 Å². The van der Waals surface area contributed by atoms with Gasteiger partial charge in [-0.1, -0.05) is 17.7 Å². The Balaban J connectivity index is 1.99. The highest BCUT2D eigenvalue weighted by Crippen LogP contribution is 2.34. The summed E-state index contributed by atoms with van der Waals surface area (Å²) in [7, 11) is 0. The van der Waals surface area contributed by atoms with E-state index in [0.29, 0.717) is 18.4 Å². The number of benzene rings is 1. The van der Waals surface area contributed by atoms with Crippen molar-refractivity contribution in [3.05, 3.63) is 40.7 Å². The Morgan fingerprint density at radius 2 is 2.14 bits per heavy atom. The van der Waals surface area contributed by atoms with Crippen molar-refractivity contribution in [1.82, 2.24) is 5.32 Å². The van der Waals surface area contributed by atoms with Gasteiger partial charge in [-0.2, -0.15) is 0 Å². The third-order valence-electron chi connectivity index (χ3n) is 3.56. The van der Waals surface area contributed by atoms with Crippen LogP contribution < -0.4 is 5.32 Å². The number of hydrogen-bond donors (Lipinski definition) is 2. The van der Waals surface area contributed by atoms with E-state index in [-0.39, 0.29) is 17.4 Å². The fraction of sp³-hybridized carbons (Fsp3) is 0.333. The number of halogens is 2. The Morgan fingerprint density at radius 1 is 1.43 bits per heavy atom. The fourth-order valence-corrected chi connectivity index (χ4v) is 2.52. The summed E-state index contributed by atoms with van der Waals surface area (Å²) in [5, 5.41) is 11.6. The number of rotatable bonds is 5. The summed E-state index contributed by atoms with van der Waals surface area (Å²) >= 11 is 5.65. The second kappa shape index (κ2) is 6.26. The molecule has 1 aromatic carbocycles. The zero-order valence-corrected chi connectivity index (χ0v) is 12.0. The molecule has 21 heavy (non-hydrogen) atoms. The molecule has 1 aromatic rings. The highest BCUT2D eigenvalue weighted by molar-refractivity contribution is 6.30. The molecule has 0 aromatic heterocycles. The SMILES string of the molecule is O=C(O)CC1(NC(=O)C=Cc2ccc(F)c(Cl)c2)CCC1. The lowest BCUT2D eigenvalue weighted by atomic mass is 9.74. The third-order valence-corrected chi connectivity index (χ3v) is 3.85. The summed E-state index contributed by atoms with van der Waals surface area (Å²) in [6, 6.07) is 4.14. The summed E-state index contributed by atoms with van der Waals surface area (Å²) in [4.78, 5) is 22.7. The largest absolute Gasteiger partial charge is 0.481 e. The lowest BCUT2D eigenvalue weighted by Crippen LogP contribution is -2.54. The average molecular weight is 312 g/mol. The van der Waals surface area contributed by atoms with Crippen LogP contribution in [0.25, 0.3) is 6.08 Å². The molecule has 2 rings (SSSR count). The maximum atomic E-state index is 13.0. The molecule has 0 bridgehead atoms. The van der Waals surface area contributed by atoms with Crippen molar-refractivity contribution >= 4 is 29.6 Å². The molecule has 112 valence electrons. The van der Waals surface area contributed by atoms with Crippen molar-refractivity contribution < 1.29 is 19.1 Å². The highest BCUT2D eigenvalue weighted by Gasteiger charge is 2.39. The third kappa shape index (κ3) is 4.04. The van der Waals surface area contributed by atoms with Crippen LogP contribution in [0.4, 0.5) is 4.39 Å². The Labute approximate surface area is 126 Å². The van der Waals surface area contributed by atoms with Gasteiger partial charge in [-0.15, -0.1) is 0 Å². The molecule has 0 unspecified atom stereocenters. The molecule has 1 aliphatic carbocycles. The summed E-state index contributed by atoms with van der Waals surface area (Å²) < 4.78 is 13.0. The Morgan fingerprint density at radius 3 is 2.67 bits per heavy atom. The van der Waals surface area contributed by atoms with Gasteiger partial charge in [0.05, 0.1) is 17.0 Å². The maximum Gasteiger partial charge on any atom is 0.305 e. The van der Waals surface area contributed by atoms with Gasteiger partial charge in [-0.05, 0) is 43.0 Å². The van der Waals surface area contributed by atoms with E-state index in [1.165, 1.54) is 30.4 Å². The number of carbonyl (C=O) groups excluding carboxylic acids is 1. The number of hydrogen-bond acceptors (Lipinski definition) is 2. The standard InChI is InChI=1S/C15H15ClFNO3/c16-11-8-10(2-4-12(11)17)3-5-13(19)18-15(6-1-7-15)9-14(20)21/h2-5,8H,1,6-7,9H2,(H,18,19)(H,20,21). The van der Waals surface area contributed by atoms with Gasteiger partial charge >= 0.3 is 5.97 Å². The molecule has 0 radical (unpaired) electrons. The average Bonchev–Trinajstić information content (AvgIpc) is 2.37. The maximum absolute atomic E-state index is 13.0. The van der Waals surface area contributed by atoms with Crippen LogP contribution in [0.1, 0.15) is 31.2 Å². The lowest BCUT2D eigenvalue weighted by molar-refractivity contribution is -0.140. The smallest absolute Gasteiger partial charge is 0.305 e. The molecule has 0 spiro atoms. The van der Waals surface area contributed by atoms with Crippen LogP contribution in [0.15, 0.2) is 24.3 Å². The predicted octanol–water partition coefficient (Wildman–Crippen LogP) is 3.01. The number of nitrogens with one attached hydrogen (secondary N) is 1. The van der Waals surface area contributed by atoms with Crippen LogP contribution >= 0.6 is 11.6 Å². The zero-order chi connectivity index (χ0) is 15.5. The number of carboxylic acids is 1. The van der Waals surface area contributed by atoms with E-state index < -0.39 is 17.3 Å². The first-order valence-electron chi connectivity index (χ1n) is 6.57. The monoisotopic (exact) mass is 311 g/mol. The van der Waals surface area contributed by atoms with Crippen LogP contribution in [0.5, 0.6) is 0 Å². The normalized spacial score (nSPS) is 16.5. The van der Waals surface area contributed by atoms with Crippen LogP contribution in [0, 0.1) is 5.82 Å². The van der Waals surface area contributed by atoms with Crippen LogP contribution in [0.2, 0.25) is 5.02 Å². The number of carboxylic acid groups (broad SMARTS) is 1. The number of aliphatic carboxylic acids is 1. The molecule has 0 saturated heterocycles. The van der Waals surface area contributed by atoms with Gasteiger partial charge in [0.25, 0.3) is 0 Å². The van der Waals surface area contributed by atoms with Crippen LogP contribution in [-0.4, -0.2) is 22.5 Å². The highest BCUT2D eigenvalue weighted by atomic mass is 35.5. The van der Waals surface area contributed by atoms with Crippen molar-refractivity contribution in [2.24, 2.45) is 0 Å². The van der Waals surface area contributed by atoms with E-state index in [1.54, 1.807) is 0 Å². The number of amides is 1. The van der Waals surface area contributed by atoms with E-state index >= 15 is 0 Å². The topological polar surface area (TPSA) is 66.4 Å². The van der Waals surface area contributed by atoms with Gasteiger partial charge in [0, 0.05) is 6.08 Å². The molecule has 6 heteroatoms. The van der Waals surface area contributed by atoms with Gasteiger partial charge in [0.1, 0.15) is 5.82 Å². The van der Waals surface area contributed by atoms with E-state index in [4.69, 9.17) is 16.7 Å². The summed E-state index contributed by atoms with van der Waals surface area (Å²) in [6.45, 7) is 0. The quantitative estimate of drug-likeness (QED) is 0.821. The van der Waals surface area contributed by atoms with Gasteiger partial charge < -0.3 is 10.4 Å². The predicted molar refractivity (Wildman–Crippen MR) is 77.4 cm³/mol. The summed E-state index contributed by atoms with van der Waals surface area (Å²) in [5.74, 6) is -1.81. The minimum Gasteiger partial charge on any atom is -0.481 e.